The van der Waals surface area contributed by atoms with Crippen LogP contribution in [-0.2, 0) is 6.42 Å². The summed E-state index contributed by atoms with van der Waals surface area (Å²) in [5.74, 6) is -0.279. The Kier molecular flexibility index (Phi) is 4.43. The minimum absolute atomic E-state index is 0.279. The van der Waals surface area contributed by atoms with Crippen LogP contribution >= 0.6 is 15.9 Å². The van der Waals surface area contributed by atoms with Gasteiger partial charge in [0.25, 0.3) is 0 Å². The summed E-state index contributed by atoms with van der Waals surface area (Å²) in [4.78, 5) is 1.85. The minimum Gasteiger partial charge on any atom is -0.397 e. The van der Waals surface area contributed by atoms with Crippen molar-refractivity contribution < 1.29 is 4.39 Å². The highest BCUT2D eigenvalue weighted by atomic mass is 79.9. The third-order valence-electron chi connectivity index (χ3n) is 3.05. The molecule has 0 heterocycles. The minimum atomic E-state index is -0.279. The zero-order valence-electron chi connectivity index (χ0n) is 10.7. The van der Waals surface area contributed by atoms with Crippen LogP contribution in [0, 0.1) is 5.82 Å². The van der Waals surface area contributed by atoms with E-state index in [1.807, 2.05) is 24.1 Å². The first-order valence-electron chi connectivity index (χ1n) is 6.07. The average Bonchev–Trinajstić information content (AvgIpc) is 2.38. The molecule has 0 aliphatic rings. The number of halogens is 2. The van der Waals surface area contributed by atoms with Gasteiger partial charge < -0.3 is 10.6 Å². The topological polar surface area (TPSA) is 29.3 Å². The van der Waals surface area contributed by atoms with Crippen LogP contribution in [0.5, 0.6) is 0 Å². The first-order chi connectivity index (χ1) is 9.08. The van der Waals surface area contributed by atoms with Gasteiger partial charge in [-0.3, -0.25) is 0 Å². The van der Waals surface area contributed by atoms with Gasteiger partial charge >= 0.3 is 0 Å². The Morgan fingerprint density at radius 3 is 2.47 bits per heavy atom. The number of nitrogens with zero attached hydrogens (tertiary/aromatic N) is 1. The van der Waals surface area contributed by atoms with Gasteiger partial charge in [-0.15, -0.1) is 0 Å². The van der Waals surface area contributed by atoms with E-state index in [9.17, 15) is 4.39 Å². The predicted molar refractivity (Wildman–Crippen MR) is 81.9 cm³/mol. The first-order valence-corrected chi connectivity index (χ1v) is 6.87. The largest absolute Gasteiger partial charge is 0.397 e. The van der Waals surface area contributed by atoms with Crippen molar-refractivity contribution in [1.82, 2.24) is 0 Å². The molecule has 0 aliphatic heterocycles. The highest BCUT2D eigenvalue weighted by Crippen LogP contribution is 2.25. The van der Waals surface area contributed by atoms with Crippen molar-refractivity contribution in [2.24, 2.45) is 0 Å². The van der Waals surface area contributed by atoms with Gasteiger partial charge in [-0.1, -0.05) is 34.1 Å². The zero-order valence-corrected chi connectivity index (χ0v) is 12.3. The molecule has 19 heavy (non-hydrogen) atoms. The number of para-hydroxylation sites is 1. The molecule has 2 N–H and O–H groups in total. The van der Waals surface area contributed by atoms with E-state index >= 15 is 0 Å². The van der Waals surface area contributed by atoms with Gasteiger partial charge in [0.15, 0.2) is 0 Å². The number of hydrogen-bond acceptors (Lipinski definition) is 2. The quantitative estimate of drug-likeness (QED) is 0.866. The van der Waals surface area contributed by atoms with Crippen LogP contribution in [-0.4, -0.2) is 13.6 Å². The molecule has 0 atom stereocenters. The summed E-state index contributed by atoms with van der Waals surface area (Å²) in [6.07, 6.45) is 0.845. The van der Waals surface area contributed by atoms with E-state index in [0.717, 1.165) is 10.9 Å². The molecule has 0 radical (unpaired) electrons. The second-order valence-corrected chi connectivity index (χ2v) is 5.39. The number of hydrogen-bond donors (Lipinski definition) is 1. The van der Waals surface area contributed by atoms with Crippen LogP contribution in [0.4, 0.5) is 15.8 Å². The van der Waals surface area contributed by atoms with E-state index in [0.29, 0.717) is 17.9 Å². The third-order valence-corrected chi connectivity index (χ3v) is 3.58. The van der Waals surface area contributed by atoms with Crippen molar-refractivity contribution in [3.63, 3.8) is 0 Å². The molecule has 0 saturated carbocycles. The van der Waals surface area contributed by atoms with Crippen LogP contribution in [0.2, 0.25) is 0 Å². The smallest absolute Gasteiger partial charge is 0.148 e. The summed E-state index contributed by atoms with van der Waals surface area (Å²) in [5.41, 5.74) is 7.98. The lowest BCUT2D eigenvalue weighted by Gasteiger charge is -2.21. The fourth-order valence-electron chi connectivity index (χ4n) is 1.99. The second-order valence-electron chi connectivity index (χ2n) is 4.48. The van der Waals surface area contributed by atoms with Crippen molar-refractivity contribution in [3.8, 4) is 0 Å². The van der Waals surface area contributed by atoms with Crippen molar-refractivity contribution in [2.75, 3.05) is 24.2 Å². The Morgan fingerprint density at radius 2 is 1.84 bits per heavy atom. The molecule has 0 aromatic heterocycles. The Balaban J connectivity index is 2.05. The fraction of sp³-hybridized carbons (Fsp3) is 0.200. The highest BCUT2D eigenvalue weighted by Gasteiger charge is 2.10. The van der Waals surface area contributed by atoms with Crippen LogP contribution in [0.25, 0.3) is 0 Å². The molecule has 2 rings (SSSR count). The standard InChI is InChI=1S/C15H16BrFN2/c1-19(15-13(17)3-2-4-14(15)18)10-9-11-5-7-12(16)8-6-11/h2-8H,9-10,18H2,1H3. The normalized spacial score (nSPS) is 10.5. The molecule has 0 unspecified atom stereocenters. The summed E-state index contributed by atoms with van der Waals surface area (Å²) in [6.45, 7) is 0.715. The number of nitrogen functional groups attached to an aromatic ring is 1. The van der Waals surface area contributed by atoms with Crippen LogP contribution in [0.3, 0.4) is 0 Å². The lowest BCUT2D eigenvalue weighted by atomic mass is 10.1. The average molecular weight is 323 g/mol. The van der Waals surface area contributed by atoms with Gasteiger partial charge in [-0.05, 0) is 36.2 Å². The second kappa shape index (κ2) is 6.06. The van der Waals surface area contributed by atoms with Gasteiger partial charge in [0, 0.05) is 18.1 Å². The number of benzene rings is 2. The maximum absolute atomic E-state index is 13.8. The fourth-order valence-corrected chi connectivity index (χ4v) is 2.26. The zero-order chi connectivity index (χ0) is 13.8. The van der Waals surface area contributed by atoms with Gasteiger partial charge in [-0.25, -0.2) is 4.39 Å². The summed E-state index contributed by atoms with van der Waals surface area (Å²) >= 11 is 3.40. The molecule has 2 aromatic rings. The molecule has 100 valence electrons. The maximum Gasteiger partial charge on any atom is 0.148 e. The van der Waals surface area contributed by atoms with E-state index in [1.165, 1.54) is 11.6 Å². The lowest BCUT2D eigenvalue weighted by Crippen LogP contribution is -2.22. The first kappa shape index (κ1) is 13.9. The number of likely N-dealkylation sites (N-methyl/N-ethyl adjacent to an activating group) is 1. The molecule has 0 saturated heterocycles. The van der Waals surface area contributed by atoms with Crippen molar-refractivity contribution in [2.45, 2.75) is 6.42 Å². The van der Waals surface area contributed by atoms with Crippen LogP contribution < -0.4 is 10.6 Å². The Labute approximate surface area is 121 Å². The van der Waals surface area contributed by atoms with Gasteiger partial charge in [-0.2, -0.15) is 0 Å². The molecule has 0 amide bonds. The maximum atomic E-state index is 13.8. The molecule has 2 aromatic carbocycles. The van der Waals surface area contributed by atoms with E-state index < -0.39 is 0 Å². The summed E-state index contributed by atoms with van der Waals surface area (Å²) in [6, 6.07) is 12.9. The van der Waals surface area contributed by atoms with Gasteiger partial charge in [0.2, 0.25) is 0 Å². The van der Waals surface area contributed by atoms with Crippen LogP contribution in [0.15, 0.2) is 46.9 Å². The summed E-state index contributed by atoms with van der Waals surface area (Å²) in [7, 11) is 1.85. The Morgan fingerprint density at radius 1 is 1.16 bits per heavy atom. The highest BCUT2D eigenvalue weighted by molar-refractivity contribution is 9.10. The van der Waals surface area contributed by atoms with E-state index in [-0.39, 0.29) is 5.82 Å². The summed E-state index contributed by atoms with van der Waals surface area (Å²) in [5, 5.41) is 0. The Bertz CT molecular complexity index is 534. The number of nitrogens with two attached hydrogens (primary N) is 1. The van der Waals surface area contributed by atoms with Gasteiger partial charge in [0.1, 0.15) is 5.82 Å². The third kappa shape index (κ3) is 3.47. The SMILES string of the molecule is CN(CCc1ccc(Br)cc1)c1c(N)cccc1F. The molecule has 0 fully saturated rings. The molecule has 0 spiro atoms. The van der Waals surface area contributed by atoms with E-state index in [4.69, 9.17) is 5.73 Å². The monoisotopic (exact) mass is 322 g/mol. The molecular weight excluding hydrogens is 307 g/mol. The van der Waals surface area contributed by atoms with E-state index in [2.05, 4.69) is 28.1 Å². The number of rotatable bonds is 4. The van der Waals surface area contributed by atoms with Crippen molar-refractivity contribution >= 4 is 27.3 Å². The van der Waals surface area contributed by atoms with Crippen LogP contribution in [0.1, 0.15) is 5.56 Å². The van der Waals surface area contributed by atoms with Crippen molar-refractivity contribution in [3.05, 3.63) is 58.3 Å². The molecule has 0 aliphatic carbocycles. The molecule has 2 nitrogen and oxygen atoms in total. The molecular formula is C15H16BrFN2. The molecule has 4 heteroatoms. The predicted octanol–water partition coefficient (Wildman–Crippen LogP) is 3.85. The van der Waals surface area contributed by atoms with E-state index in [1.54, 1.807) is 12.1 Å². The van der Waals surface area contributed by atoms with Crippen molar-refractivity contribution in [1.29, 1.82) is 0 Å². The molecule has 0 bridgehead atoms. The lowest BCUT2D eigenvalue weighted by molar-refractivity contribution is 0.623. The Hall–Kier alpha value is -1.55. The van der Waals surface area contributed by atoms with Gasteiger partial charge in [0.05, 0.1) is 11.4 Å². The summed E-state index contributed by atoms with van der Waals surface area (Å²) < 4.78 is 14.8. The number of anilines is 2.